The lowest BCUT2D eigenvalue weighted by Crippen LogP contribution is -2.20. The molecule has 1 aliphatic rings. The van der Waals surface area contributed by atoms with Gasteiger partial charge < -0.3 is 15.4 Å². The number of ether oxygens (including phenoxy) is 1. The van der Waals surface area contributed by atoms with Crippen molar-refractivity contribution in [3.8, 4) is 5.88 Å². The van der Waals surface area contributed by atoms with Crippen LogP contribution >= 0.6 is 0 Å². The van der Waals surface area contributed by atoms with Crippen LogP contribution in [0, 0.1) is 0 Å². The van der Waals surface area contributed by atoms with Crippen molar-refractivity contribution in [2.45, 2.75) is 19.1 Å². The fourth-order valence-electron chi connectivity index (χ4n) is 2.82. The number of aromatic nitrogens is 3. The minimum absolute atomic E-state index is 0.191. The van der Waals surface area contributed by atoms with Crippen LogP contribution in [0.3, 0.4) is 0 Å². The topological polar surface area (TPSA) is 72.0 Å². The smallest absolute Gasteiger partial charge is 0.237 e. The van der Waals surface area contributed by atoms with E-state index in [4.69, 9.17) is 4.74 Å². The first-order chi connectivity index (χ1) is 11.9. The number of pyridine rings is 1. The number of fused-ring (bicyclic) bond motifs is 1. The molecule has 1 unspecified atom stereocenters. The molecule has 6 nitrogen and oxygen atoms in total. The van der Waals surface area contributed by atoms with Crippen LogP contribution in [-0.4, -0.2) is 34.1 Å². The molecule has 2 N–H and O–H groups in total. The Morgan fingerprint density at radius 1 is 1.08 bits per heavy atom. The molecule has 0 saturated carbocycles. The fourth-order valence-corrected chi connectivity index (χ4v) is 2.82. The van der Waals surface area contributed by atoms with Crippen molar-refractivity contribution in [2.75, 3.05) is 18.4 Å². The molecule has 2 aromatic heterocycles. The van der Waals surface area contributed by atoms with Crippen molar-refractivity contribution in [3.05, 3.63) is 54.5 Å². The van der Waals surface area contributed by atoms with Crippen molar-refractivity contribution < 1.29 is 4.74 Å². The molecule has 24 heavy (non-hydrogen) atoms. The highest BCUT2D eigenvalue weighted by Gasteiger charge is 2.18. The monoisotopic (exact) mass is 321 g/mol. The summed E-state index contributed by atoms with van der Waals surface area (Å²) in [6.07, 6.45) is 6.38. The van der Waals surface area contributed by atoms with E-state index in [-0.39, 0.29) is 6.10 Å². The number of nitrogens with one attached hydrogen (secondary N) is 2. The van der Waals surface area contributed by atoms with E-state index in [1.54, 1.807) is 18.6 Å². The first-order valence-electron chi connectivity index (χ1n) is 8.14. The second-order valence-corrected chi connectivity index (χ2v) is 5.82. The highest BCUT2D eigenvalue weighted by Crippen LogP contribution is 2.24. The molecule has 1 aliphatic heterocycles. The van der Waals surface area contributed by atoms with Crippen LogP contribution in [0.2, 0.25) is 0 Å². The minimum Gasteiger partial charge on any atom is -0.471 e. The average molecular weight is 321 g/mol. The van der Waals surface area contributed by atoms with Crippen LogP contribution in [0.15, 0.2) is 48.9 Å². The maximum atomic E-state index is 6.01. The molecule has 1 aromatic carbocycles. The highest BCUT2D eigenvalue weighted by molar-refractivity contribution is 5.74. The van der Waals surface area contributed by atoms with Crippen molar-refractivity contribution in [2.24, 2.45) is 0 Å². The molecule has 0 bridgehead atoms. The zero-order valence-electron chi connectivity index (χ0n) is 13.3. The Morgan fingerprint density at radius 3 is 2.88 bits per heavy atom. The van der Waals surface area contributed by atoms with Gasteiger partial charge in [0.15, 0.2) is 0 Å². The van der Waals surface area contributed by atoms with Gasteiger partial charge in [-0.05, 0) is 42.8 Å². The molecule has 122 valence electrons. The van der Waals surface area contributed by atoms with Crippen LogP contribution in [0.4, 0.5) is 5.69 Å². The van der Waals surface area contributed by atoms with Crippen LogP contribution in [0.25, 0.3) is 11.0 Å². The van der Waals surface area contributed by atoms with E-state index >= 15 is 0 Å². The van der Waals surface area contributed by atoms with E-state index < -0.39 is 0 Å². The Labute approximate surface area is 140 Å². The van der Waals surface area contributed by atoms with Gasteiger partial charge in [0.1, 0.15) is 6.10 Å². The third-order valence-corrected chi connectivity index (χ3v) is 4.08. The van der Waals surface area contributed by atoms with E-state index in [0.29, 0.717) is 12.4 Å². The summed E-state index contributed by atoms with van der Waals surface area (Å²) < 4.78 is 6.01. The Morgan fingerprint density at radius 2 is 2.00 bits per heavy atom. The standard InChI is InChI=1S/C18H19N5O/c1-2-16(18(22-6-1)24-14-5-7-19-12-14)23-11-13-3-4-15-17(10-13)21-9-8-20-15/h1-4,6,8-10,14,19,23H,5,7,11-12H2. The first-order valence-corrected chi connectivity index (χ1v) is 8.14. The summed E-state index contributed by atoms with van der Waals surface area (Å²) >= 11 is 0. The average Bonchev–Trinajstić information content (AvgIpc) is 3.14. The quantitative estimate of drug-likeness (QED) is 0.752. The molecule has 0 spiro atoms. The molecule has 3 heterocycles. The van der Waals surface area contributed by atoms with Gasteiger partial charge in [0, 0.05) is 31.7 Å². The Bertz CT molecular complexity index is 832. The predicted molar refractivity (Wildman–Crippen MR) is 93.0 cm³/mol. The van der Waals surface area contributed by atoms with Gasteiger partial charge in [-0.15, -0.1) is 0 Å². The summed E-state index contributed by atoms with van der Waals surface area (Å²) in [5, 5.41) is 6.71. The van der Waals surface area contributed by atoms with Gasteiger partial charge in [0.25, 0.3) is 0 Å². The third kappa shape index (κ3) is 3.28. The molecule has 3 aromatic rings. The van der Waals surface area contributed by atoms with Gasteiger partial charge in [-0.25, -0.2) is 4.98 Å². The van der Waals surface area contributed by atoms with Gasteiger partial charge in [-0.1, -0.05) is 6.07 Å². The molecular formula is C18H19N5O. The van der Waals surface area contributed by atoms with Gasteiger partial charge in [-0.2, -0.15) is 0 Å². The number of benzene rings is 1. The number of anilines is 1. The molecule has 0 aliphatic carbocycles. The normalized spacial score (nSPS) is 17.1. The number of nitrogens with zero attached hydrogens (tertiary/aromatic N) is 3. The lowest BCUT2D eigenvalue weighted by Gasteiger charge is -2.15. The minimum atomic E-state index is 0.191. The largest absolute Gasteiger partial charge is 0.471 e. The molecule has 1 fully saturated rings. The summed E-state index contributed by atoms with van der Waals surface area (Å²) in [7, 11) is 0. The zero-order chi connectivity index (χ0) is 16.2. The number of rotatable bonds is 5. The van der Waals surface area contributed by atoms with Crippen molar-refractivity contribution >= 4 is 16.7 Å². The van der Waals surface area contributed by atoms with E-state index in [1.807, 2.05) is 24.3 Å². The van der Waals surface area contributed by atoms with E-state index in [0.717, 1.165) is 41.8 Å². The fraction of sp³-hybridized carbons (Fsp3) is 0.278. The van der Waals surface area contributed by atoms with Crippen LogP contribution in [-0.2, 0) is 6.54 Å². The maximum Gasteiger partial charge on any atom is 0.237 e. The second-order valence-electron chi connectivity index (χ2n) is 5.82. The lowest BCUT2D eigenvalue weighted by molar-refractivity contribution is 0.215. The summed E-state index contributed by atoms with van der Waals surface area (Å²) in [6.45, 7) is 2.55. The number of hydrogen-bond acceptors (Lipinski definition) is 6. The molecule has 4 rings (SSSR count). The Hall–Kier alpha value is -2.73. The van der Waals surface area contributed by atoms with Crippen molar-refractivity contribution in [3.63, 3.8) is 0 Å². The predicted octanol–water partition coefficient (Wildman–Crippen LogP) is 2.38. The second kappa shape index (κ2) is 6.80. The van der Waals surface area contributed by atoms with Gasteiger partial charge in [0.2, 0.25) is 5.88 Å². The Kier molecular flexibility index (Phi) is 4.20. The number of hydrogen-bond donors (Lipinski definition) is 2. The highest BCUT2D eigenvalue weighted by atomic mass is 16.5. The molecule has 1 saturated heterocycles. The van der Waals surface area contributed by atoms with E-state index in [1.165, 1.54) is 0 Å². The SMILES string of the molecule is c1cnc(OC2CCNC2)c(NCc2ccc3nccnc3c2)c1. The molecule has 0 amide bonds. The van der Waals surface area contributed by atoms with Gasteiger partial charge in [-0.3, -0.25) is 9.97 Å². The molecule has 6 heteroatoms. The summed E-state index contributed by atoms with van der Waals surface area (Å²) in [6, 6.07) is 10.00. The van der Waals surface area contributed by atoms with Crippen LogP contribution < -0.4 is 15.4 Å². The van der Waals surface area contributed by atoms with Crippen LogP contribution in [0.1, 0.15) is 12.0 Å². The zero-order valence-corrected chi connectivity index (χ0v) is 13.3. The molecule has 0 radical (unpaired) electrons. The first kappa shape index (κ1) is 14.8. The summed E-state index contributed by atoms with van der Waals surface area (Å²) in [5.41, 5.74) is 3.85. The summed E-state index contributed by atoms with van der Waals surface area (Å²) in [4.78, 5) is 13.0. The molecule has 1 atom stereocenters. The van der Waals surface area contributed by atoms with Crippen LogP contribution in [0.5, 0.6) is 5.88 Å². The maximum absolute atomic E-state index is 6.01. The Balaban J connectivity index is 1.48. The third-order valence-electron chi connectivity index (χ3n) is 4.08. The lowest BCUT2D eigenvalue weighted by atomic mass is 10.2. The van der Waals surface area contributed by atoms with Crippen molar-refractivity contribution in [1.29, 1.82) is 0 Å². The van der Waals surface area contributed by atoms with Gasteiger partial charge >= 0.3 is 0 Å². The van der Waals surface area contributed by atoms with Gasteiger partial charge in [0.05, 0.1) is 16.7 Å². The molecular weight excluding hydrogens is 302 g/mol. The van der Waals surface area contributed by atoms with E-state index in [9.17, 15) is 0 Å². The van der Waals surface area contributed by atoms with E-state index in [2.05, 4.69) is 31.7 Å². The summed E-state index contributed by atoms with van der Waals surface area (Å²) in [5.74, 6) is 0.659. The van der Waals surface area contributed by atoms with Crippen molar-refractivity contribution in [1.82, 2.24) is 20.3 Å².